The van der Waals surface area contributed by atoms with Crippen LogP contribution < -0.4 is 5.43 Å². The highest BCUT2D eigenvalue weighted by molar-refractivity contribution is 6.32. The van der Waals surface area contributed by atoms with Gasteiger partial charge in [0.1, 0.15) is 5.58 Å². The second-order valence-corrected chi connectivity index (χ2v) is 5.00. The summed E-state index contributed by atoms with van der Waals surface area (Å²) in [5.74, 6) is 0. The van der Waals surface area contributed by atoms with E-state index in [1.807, 2.05) is 12.1 Å². The Kier molecular flexibility index (Phi) is 3.05. The van der Waals surface area contributed by atoms with Crippen LogP contribution in [0, 0.1) is 0 Å². The third kappa shape index (κ3) is 2.25. The van der Waals surface area contributed by atoms with Gasteiger partial charge in [0.05, 0.1) is 11.6 Å². The van der Waals surface area contributed by atoms with E-state index < -0.39 is 0 Å². The Labute approximate surface area is 119 Å². The number of benzene rings is 2. The van der Waals surface area contributed by atoms with Gasteiger partial charge in [0.2, 0.25) is 0 Å². The average Bonchev–Trinajstić information content (AvgIpc) is 2.39. The van der Waals surface area contributed by atoms with E-state index >= 15 is 0 Å². The van der Waals surface area contributed by atoms with Crippen LogP contribution in [0.3, 0.4) is 0 Å². The van der Waals surface area contributed by atoms with E-state index in [0.717, 1.165) is 11.1 Å². The fraction of sp³-hybridized carbons (Fsp3) is 0. The minimum Gasteiger partial charge on any atom is -0.463 e. The van der Waals surface area contributed by atoms with Crippen molar-refractivity contribution in [1.29, 1.82) is 0 Å². The fourth-order valence-corrected chi connectivity index (χ4v) is 2.44. The van der Waals surface area contributed by atoms with Crippen LogP contribution in [0.4, 0.5) is 0 Å². The summed E-state index contributed by atoms with van der Waals surface area (Å²) in [7, 11) is 0. The van der Waals surface area contributed by atoms with Crippen LogP contribution in [-0.4, -0.2) is 0 Å². The Morgan fingerprint density at radius 1 is 0.947 bits per heavy atom. The van der Waals surface area contributed by atoms with E-state index in [0.29, 0.717) is 21.0 Å². The zero-order valence-corrected chi connectivity index (χ0v) is 11.2. The second kappa shape index (κ2) is 4.72. The molecule has 2 nitrogen and oxygen atoms in total. The summed E-state index contributed by atoms with van der Waals surface area (Å²) in [6.07, 6.45) is 1.38. The molecule has 0 N–H and O–H groups in total. The molecule has 0 saturated carbocycles. The van der Waals surface area contributed by atoms with Crippen LogP contribution in [0.25, 0.3) is 22.1 Å². The first-order chi connectivity index (χ1) is 9.15. The van der Waals surface area contributed by atoms with E-state index in [1.54, 1.807) is 24.3 Å². The van der Waals surface area contributed by atoms with E-state index in [-0.39, 0.29) is 5.43 Å². The first-order valence-corrected chi connectivity index (χ1v) is 6.38. The zero-order chi connectivity index (χ0) is 13.4. The fourth-order valence-electron chi connectivity index (χ4n) is 2.03. The lowest BCUT2D eigenvalue weighted by Crippen LogP contribution is -1.98. The maximum Gasteiger partial charge on any atom is 0.192 e. The molecule has 0 bridgehead atoms. The monoisotopic (exact) mass is 290 g/mol. The maximum absolute atomic E-state index is 11.8. The molecule has 3 aromatic rings. The van der Waals surface area contributed by atoms with Gasteiger partial charge in [0.25, 0.3) is 0 Å². The lowest BCUT2D eigenvalue weighted by atomic mass is 10.0. The Bertz CT molecular complexity index is 822. The van der Waals surface area contributed by atoms with Gasteiger partial charge in [-0.05, 0) is 29.8 Å². The summed E-state index contributed by atoms with van der Waals surface area (Å²) < 4.78 is 5.47. The van der Waals surface area contributed by atoms with Crippen LogP contribution in [-0.2, 0) is 0 Å². The molecular weight excluding hydrogens is 283 g/mol. The Morgan fingerprint density at radius 3 is 2.58 bits per heavy atom. The van der Waals surface area contributed by atoms with E-state index in [2.05, 4.69) is 0 Å². The zero-order valence-electron chi connectivity index (χ0n) is 9.69. The molecule has 0 saturated heterocycles. The molecule has 2 aromatic carbocycles. The average molecular weight is 291 g/mol. The quantitative estimate of drug-likeness (QED) is 0.646. The second-order valence-electron chi connectivity index (χ2n) is 4.13. The van der Waals surface area contributed by atoms with Gasteiger partial charge in [-0.2, -0.15) is 0 Å². The summed E-state index contributed by atoms with van der Waals surface area (Å²) in [5, 5.41) is 1.56. The van der Waals surface area contributed by atoms with Crippen molar-refractivity contribution in [3.63, 3.8) is 0 Å². The summed E-state index contributed by atoms with van der Waals surface area (Å²) in [6, 6.07) is 12.1. The minimum atomic E-state index is -0.118. The van der Waals surface area contributed by atoms with E-state index in [1.165, 1.54) is 12.3 Å². The molecule has 0 aliphatic rings. The smallest absolute Gasteiger partial charge is 0.192 e. The van der Waals surface area contributed by atoms with Crippen molar-refractivity contribution in [3.05, 3.63) is 69.0 Å². The molecule has 0 atom stereocenters. The Balaban J connectivity index is 2.41. The van der Waals surface area contributed by atoms with Crippen LogP contribution in [0.15, 0.2) is 57.9 Å². The number of rotatable bonds is 1. The standard InChI is InChI=1S/C15H8Cl2O2/c16-10-3-1-2-9(6-10)12-7-11(17)8-13-14(18)4-5-19-15(12)13/h1-8H. The molecule has 0 radical (unpaired) electrons. The van der Waals surface area contributed by atoms with Crippen molar-refractivity contribution < 1.29 is 4.42 Å². The van der Waals surface area contributed by atoms with Crippen molar-refractivity contribution in [2.45, 2.75) is 0 Å². The highest BCUT2D eigenvalue weighted by atomic mass is 35.5. The van der Waals surface area contributed by atoms with Crippen molar-refractivity contribution in [1.82, 2.24) is 0 Å². The van der Waals surface area contributed by atoms with E-state index in [4.69, 9.17) is 27.6 Å². The molecule has 0 unspecified atom stereocenters. The van der Waals surface area contributed by atoms with Crippen molar-refractivity contribution in [2.75, 3.05) is 0 Å². The van der Waals surface area contributed by atoms with Gasteiger partial charge in [-0.1, -0.05) is 35.3 Å². The van der Waals surface area contributed by atoms with Crippen LogP contribution in [0.5, 0.6) is 0 Å². The van der Waals surface area contributed by atoms with Crippen molar-refractivity contribution in [2.24, 2.45) is 0 Å². The molecule has 94 valence electrons. The van der Waals surface area contributed by atoms with Crippen LogP contribution in [0.1, 0.15) is 0 Å². The molecule has 19 heavy (non-hydrogen) atoms. The van der Waals surface area contributed by atoms with Crippen molar-refractivity contribution >= 4 is 34.2 Å². The van der Waals surface area contributed by atoms with Gasteiger partial charge >= 0.3 is 0 Å². The molecule has 1 heterocycles. The highest BCUT2D eigenvalue weighted by Crippen LogP contribution is 2.31. The minimum absolute atomic E-state index is 0.118. The number of hydrogen-bond donors (Lipinski definition) is 0. The van der Waals surface area contributed by atoms with Gasteiger partial charge in [-0.3, -0.25) is 4.79 Å². The van der Waals surface area contributed by atoms with Crippen LogP contribution in [0.2, 0.25) is 10.0 Å². The normalized spacial score (nSPS) is 10.8. The predicted octanol–water partition coefficient (Wildman–Crippen LogP) is 4.77. The third-order valence-electron chi connectivity index (χ3n) is 2.86. The summed E-state index contributed by atoms with van der Waals surface area (Å²) in [4.78, 5) is 11.8. The molecule has 0 amide bonds. The molecule has 0 fully saturated rings. The van der Waals surface area contributed by atoms with Gasteiger partial charge in [-0.15, -0.1) is 0 Å². The summed E-state index contributed by atoms with van der Waals surface area (Å²) in [5.41, 5.74) is 2.00. The lowest BCUT2D eigenvalue weighted by molar-refractivity contribution is 0.603. The molecule has 0 aliphatic carbocycles. The SMILES string of the molecule is O=c1ccoc2c(-c3cccc(Cl)c3)cc(Cl)cc12. The maximum atomic E-state index is 11.8. The molecule has 0 spiro atoms. The molecular formula is C15H8Cl2O2. The Hall–Kier alpha value is -1.77. The molecule has 3 rings (SSSR count). The number of hydrogen-bond acceptors (Lipinski definition) is 2. The lowest BCUT2D eigenvalue weighted by Gasteiger charge is -2.06. The largest absolute Gasteiger partial charge is 0.463 e. The van der Waals surface area contributed by atoms with Gasteiger partial charge < -0.3 is 4.42 Å². The van der Waals surface area contributed by atoms with E-state index in [9.17, 15) is 4.79 Å². The first-order valence-electron chi connectivity index (χ1n) is 5.62. The van der Waals surface area contributed by atoms with Crippen LogP contribution >= 0.6 is 23.2 Å². The topological polar surface area (TPSA) is 30.2 Å². The number of fused-ring (bicyclic) bond motifs is 1. The third-order valence-corrected chi connectivity index (χ3v) is 3.31. The van der Waals surface area contributed by atoms with Gasteiger partial charge in [0.15, 0.2) is 5.43 Å². The molecule has 1 aromatic heterocycles. The van der Waals surface area contributed by atoms with Crippen molar-refractivity contribution in [3.8, 4) is 11.1 Å². The van der Waals surface area contributed by atoms with Gasteiger partial charge in [-0.25, -0.2) is 0 Å². The highest BCUT2D eigenvalue weighted by Gasteiger charge is 2.10. The Morgan fingerprint density at radius 2 is 1.79 bits per heavy atom. The molecule has 0 aliphatic heterocycles. The summed E-state index contributed by atoms with van der Waals surface area (Å²) >= 11 is 12.1. The molecule has 4 heteroatoms. The number of halogens is 2. The first kappa shape index (κ1) is 12.3. The summed E-state index contributed by atoms with van der Waals surface area (Å²) in [6.45, 7) is 0. The predicted molar refractivity (Wildman–Crippen MR) is 77.9 cm³/mol. The van der Waals surface area contributed by atoms with Gasteiger partial charge in [0, 0.05) is 21.7 Å².